The number of hydrogen-bond acceptors (Lipinski definition) is 4. The minimum Gasteiger partial charge on any atom is -0.381 e. The van der Waals surface area contributed by atoms with Gasteiger partial charge in [-0.3, -0.25) is 15.4 Å². The van der Waals surface area contributed by atoms with Crippen molar-refractivity contribution in [1.29, 1.82) is 0 Å². The Bertz CT molecular complexity index is 348. The fraction of sp³-hybridized carbons (Fsp3) is 0.455. The topological polar surface area (TPSA) is 67.2 Å². The molecule has 1 aliphatic heterocycles. The average molecular weight is 221 g/mol. The normalized spacial score (nSPS) is 25.0. The van der Waals surface area contributed by atoms with Crippen LogP contribution in [0.15, 0.2) is 30.3 Å². The first-order valence-electron chi connectivity index (χ1n) is 5.44. The summed E-state index contributed by atoms with van der Waals surface area (Å²) in [7, 11) is 0. The third-order valence-corrected chi connectivity index (χ3v) is 2.79. The van der Waals surface area contributed by atoms with Crippen molar-refractivity contribution in [3.05, 3.63) is 40.4 Å². The van der Waals surface area contributed by atoms with Crippen molar-refractivity contribution in [3.63, 3.8) is 0 Å². The lowest BCUT2D eigenvalue weighted by Gasteiger charge is -2.26. The molecule has 1 heterocycles. The first-order valence-corrected chi connectivity index (χ1v) is 5.44. The summed E-state index contributed by atoms with van der Waals surface area (Å²) in [5.41, 5.74) is 1.06. The molecule has 0 radical (unpaired) electrons. The van der Waals surface area contributed by atoms with Gasteiger partial charge in [-0.1, -0.05) is 18.2 Å². The van der Waals surface area contributed by atoms with Gasteiger partial charge in [-0.2, -0.15) is 0 Å². The Kier molecular flexibility index (Phi) is 3.36. The van der Waals surface area contributed by atoms with Crippen LogP contribution in [0.4, 0.5) is 5.69 Å². The van der Waals surface area contributed by atoms with Crippen molar-refractivity contribution < 1.29 is 4.92 Å². The molecule has 0 aromatic heterocycles. The summed E-state index contributed by atoms with van der Waals surface area (Å²) in [5, 5.41) is 16.8. The van der Waals surface area contributed by atoms with Crippen LogP contribution < -0.4 is 10.6 Å². The van der Waals surface area contributed by atoms with E-state index in [2.05, 4.69) is 10.6 Å². The van der Waals surface area contributed by atoms with E-state index < -0.39 is 6.17 Å². The third kappa shape index (κ3) is 2.70. The van der Waals surface area contributed by atoms with Crippen LogP contribution in [0.3, 0.4) is 0 Å². The van der Waals surface area contributed by atoms with Gasteiger partial charge in [0.05, 0.1) is 0 Å². The van der Waals surface area contributed by atoms with Gasteiger partial charge in [-0.15, -0.1) is 0 Å². The molecular weight excluding hydrogens is 206 g/mol. The molecule has 1 aliphatic rings. The molecule has 86 valence electrons. The summed E-state index contributed by atoms with van der Waals surface area (Å²) in [5.74, 6) is 0. The van der Waals surface area contributed by atoms with Crippen LogP contribution in [-0.4, -0.2) is 23.7 Å². The van der Waals surface area contributed by atoms with Crippen LogP contribution in [0.25, 0.3) is 0 Å². The maximum Gasteiger partial charge on any atom is 0.266 e. The summed E-state index contributed by atoms with van der Waals surface area (Å²) in [6.45, 7) is 0.639. The molecule has 1 saturated heterocycles. The minimum absolute atomic E-state index is 0.251. The van der Waals surface area contributed by atoms with Crippen LogP contribution >= 0.6 is 0 Å². The molecule has 0 bridgehead atoms. The predicted octanol–water partition coefficient (Wildman–Crippen LogP) is 1.45. The van der Waals surface area contributed by atoms with Gasteiger partial charge in [0.1, 0.15) is 0 Å². The highest BCUT2D eigenvalue weighted by atomic mass is 16.6. The number of benzene rings is 1. The van der Waals surface area contributed by atoms with Crippen molar-refractivity contribution in [2.24, 2.45) is 0 Å². The van der Waals surface area contributed by atoms with E-state index in [0.29, 0.717) is 13.0 Å². The van der Waals surface area contributed by atoms with Crippen LogP contribution in [-0.2, 0) is 0 Å². The van der Waals surface area contributed by atoms with Crippen LogP contribution in [0.1, 0.15) is 12.8 Å². The summed E-state index contributed by atoms with van der Waals surface area (Å²) in [6.07, 6.45) is 0.833. The predicted molar refractivity (Wildman–Crippen MR) is 61.9 cm³/mol. The lowest BCUT2D eigenvalue weighted by molar-refractivity contribution is -0.532. The van der Waals surface area contributed by atoms with E-state index in [4.69, 9.17) is 0 Å². The SMILES string of the molecule is O=[N+]([O-])C1CCC(Nc2ccccc2)CN1. The van der Waals surface area contributed by atoms with E-state index in [0.717, 1.165) is 12.1 Å². The third-order valence-electron chi connectivity index (χ3n) is 2.79. The molecule has 5 heteroatoms. The zero-order valence-electron chi connectivity index (χ0n) is 8.93. The molecule has 0 amide bonds. The second-order valence-corrected chi connectivity index (χ2v) is 3.99. The van der Waals surface area contributed by atoms with Gasteiger partial charge in [0.2, 0.25) is 0 Å². The smallest absolute Gasteiger partial charge is 0.266 e. The fourth-order valence-corrected chi connectivity index (χ4v) is 1.91. The van der Waals surface area contributed by atoms with E-state index in [1.54, 1.807) is 0 Å². The van der Waals surface area contributed by atoms with E-state index in [-0.39, 0.29) is 11.0 Å². The maximum absolute atomic E-state index is 10.5. The molecule has 2 N–H and O–H groups in total. The number of hydrogen-bond donors (Lipinski definition) is 2. The van der Waals surface area contributed by atoms with E-state index in [9.17, 15) is 10.1 Å². The number of nitro groups is 1. The molecule has 0 spiro atoms. The van der Waals surface area contributed by atoms with Crippen molar-refractivity contribution in [3.8, 4) is 0 Å². The average Bonchev–Trinajstić information content (AvgIpc) is 2.31. The summed E-state index contributed by atoms with van der Waals surface area (Å²) in [6, 6.07) is 10.2. The second kappa shape index (κ2) is 4.94. The Hall–Kier alpha value is -1.62. The van der Waals surface area contributed by atoms with Gasteiger partial charge in [0.15, 0.2) is 0 Å². The molecule has 5 nitrogen and oxygen atoms in total. The summed E-state index contributed by atoms with van der Waals surface area (Å²) >= 11 is 0. The highest BCUT2D eigenvalue weighted by Gasteiger charge is 2.27. The van der Waals surface area contributed by atoms with Crippen LogP contribution in [0.5, 0.6) is 0 Å². The molecule has 0 aliphatic carbocycles. The Morgan fingerprint density at radius 1 is 1.31 bits per heavy atom. The first kappa shape index (κ1) is 10.9. The summed E-state index contributed by atoms with van der Waals surface area (Å²) < 4.78 is 0. The fourth-order valence-electron chi connectivity index (χ4n) is 1.91. The van der Waals surface area contributed by atoms with Crippen LogP contribution in [0.2, 0.25) is 0 Å². The van der Waals surface area contributed by atoms with E-state index >= 15 is 0 Å². The molecule has 1 fully saturated rings. The van der Waals surface area contributed by atoms with Gasteiger partial charge in [0, 0.05) is 29.6 Å². The Labute approximate surface area is 94.0 Å². The highest BCUT2D eigenvalue weighted by molar-refractivity contribution is 5.43. The van der Waals surface area contributed by atoms with Crippen molar-refractivity contribution in [2.75, 3.05) is 11.9 Å². The lowest BCUT2D eigenvalue weighted by atomic mass is 10.1. The van der Waals surface area contributed by atoms with Gasteiger partial charge in [-0.25, -0.2) is 0 Å². The molecule has 2 unspecified atom stereocenters. The van der Waals surface area contributed by atoms with Crippen molar-refractivity contribution in [2.45, 2.75) is 25.0 Å². The number of nitrogens with one attached hydrogen (secondary N) is 2. The first-order chi connectivity index (χ1) is 7.75. The molecule has 1 aromatic carbocycles. The van der Waals surface area contributed by atoms with Gasteiger partial charge < -0.3 is 5.32 Å². The minimum atomic E-state index is -0.575. The quantitative estimate of drug-likeness (QED) is 0.599. The number of nitrogens with zero attached hydrogens (tertiary/aromatic N) is 1. The highest BCUT2D eigenvalue weighted by Crippen LogP contribution is 2.14. The number of piperidine rings is 1. The number of para-hydroxylation sites is 1. The molecule has 0 saturated carbocycles. The standard InChI is InChI=1S/C11H15N3O2/c15-14(16)11-7-6-10(8-12-11)13-9-4-2-1-3-5-9/h1-5,10-13H,6-8H2. The van der Waals surface area contributed by atoms with Gasteiger partial charge in [-0.05, 0) is 18.6 Å². The van der Waals surface area contributed by atoms with Gasteiger partial charge in [0.25, 0.3) is 6.17 Å². The molecule has 2 rings (SSSR count). The molecular formula is C11H15N3O2. The largest absolute Gasteiger partial charge is 0.381 e. The molecule has 1 aromatic rings. The maximum atomic E-state index is 10.5. The summed E-state index contributed by atoms with van der Waals surface area (Å²) in [4.78, 5) is 10.3. The van der Waals surface area contributed by atoms with Crippen molar-refractivity contribution in [1.82, 2.24) is 5.32 Å². The zero-order chi connectivity index (χ0) is 11.4. The molecule has 16 heavy (non-hydrogen) atoms. The Balaban J connectivity index is 1.84. The van der Waals surface area contributed by atoms with E-state index in [1.165, 1.54) is 0 Å². The van der Waals surface area contributed by atoms with Gasteiger partial charge >= 0.3 is 0 Å². The zero-order valence-corrected chi connectivity index (χ0v) is 8.93. The lowest BCUT2D eigenvalue weighted by Crippen LogP contribution is -2.48. The van der Waals surface area contributed by atoms with Crippen molar-refractivity contribution >= 4 is 5.69 Å². The molecule has 2 atom stereocenters. The number of anilines is 1. The van der Waals surface area contributed by atoms with Crippen LogP contribution in [0, 0.1) is 10.1 Å². The Morgan fingerprint density at radius 2 is 2.06 bits per heavy atom. The second-order valence-electron chi connectivity index (χ2n) is 3.99. The Morgan fingerprint density at radius 3 is 2.62 bits per heavy atom. The monoisotopic (exact) mass is 221 g/mol. The van der Waals surface area contributed by atoms with E-state index in [1.807, 2.05) is 30.3 Å². The number of rotatable bonds is 3.